The molecule has 1 amide bonds. The molecule has 0 unspecified atom stereocenters. The van der Waals surface area contributed by atoms with Crippen molar-refractivity contribution in [2.75, 3.05) is 17.7 Å². The minimum Gasteiger partial charge on any atom is -0.452 e. The lowest BCUT2D eigenvalue weighted by Crippen LogP contribution is -2.21. The lowest BCUT2D eigenvalue weighted by molar-refractivity contribution is -0.119. The molecule has 0 bridgehead atoms. The normalized spacial score (nSPS) is 10.7. The summed E-state index contributed by atoms with van der Waals surface area (Å²) in [6.45, 7) is -0.395. The van der Waals surface area contributed by atoms with Gasteiger partial charge in [-0.2, -0.15) is 0 Å². The first kappa shape index (κ1) is 17.5. The lowest BCUT2D eigenvalue weighted by atomic mass is 10.1. The van der Waals surface area contributed by atoms with Crippen LogP contribution in [-0.4, -0.2) is 18.5 Å². The van der Waals surface area contributed by atoms with Gasteiger partial charge in [-0.3, -0.25) is 4.79 Å². The number of rotatable bonds is 4. The molecule has 0 aliphatic carbocycles. The Morgan fingerprint density at radius 3 is 2.25 bits per heavy atom. The smallest absolute Gasteiger partial charge is 0.340 e. The molecule has 4 aromatic carbocycles. The zero-order valence-corrected chi connectivity index (χ0v) is 15.0. The van der Waals surface area contributed by atoms with E-state index in [0.717, 1.165) is 21.5 Å². The Bertz CT molecular complexity index is 1200. The molecule has 4 aromatic rings. The van der Waals surface area contributed by atoms with Crippen LogP contribution in [0.4, 0.5) is 11.4 Å². The van der Waals surface area contributed by atoms with Crippen LogP contribution in [0.2, 0.25) is 0 Å². The molecule has 0 aliphatic heterocycles. The summed E-state index contributed by atoms with van der Waals surface area (Å²) >= 11 is 0. The quantitative estimate of drug-likeness (QED) is 0.413. The number of nitrogen functional groups attached to an aromatic ring is 1. The largest absolute Gasteiger partial charge is 0.452 e. The van der Waals surface area contributed by atoms with Gasteiger partial charge >= 0.3 is 5.97 Å². The van der Waals surface area contributed by atoms with Crippen molar-refractivity contribution in [3.05, 3.63) is 84.4 Å². The van der Waals surface area contributed by atoms with Gasteiger partial charge in [0, 0.05) is 16.8 Å². The fourth-order valence-corrected chi connectivity index (χ4v) is 3.16. The molecular formula is C23H18N2O3. The SMILES string of the molecule is Nc1cc2ccccc2cc1C(=O)OCC(=O)Nc1cccc2ccccc12. The van der Waals surface area contributed by atoms with Crippen LogP contribution >= 0.6 is 0 Å². The second kappa shape index (κ2) is 7.40. The number of nitrogens with one attached hydrogen (secondary N) is 1. The highest BCUT2D eigenvalue weighted by Gasteiger charge is 2.15. The molecule has 138 valence electrons. The summed E-state index contributed by atoms with van der Waals surface area (Å²) in [7, 11) is 0. The number of benzene rings is 4. The molecule has 5 heteroatoms. The molecule has 5 nitrogen and oxygen atoms in total. The third-order valence-electron chi connectivity index (χ3n) is 4.54. The van der Waals surface area contributed by atoms with Crippen LogP contribution < -0.4 is 11.1 Å². The van der Waals surface area contributed by atoms with E-state index < -0.39 is 18.5 Å². The third-order valence-corrected chi connectivity index (χ3v) is 4.54. The summed E-state index contributed by atoms with van der Waals surface area (Å²) < 4.78 is 5.17. The van der Waals surface area contributed by atoms with Crippen LogP contribution in [0.1, 0.15) is 10.4 Å². The minimum absolute atomic E-state index is 0.247. The van der Waals surface area contributed by atoms with Gasteiger partial charge in [-0.25, -0.2) is 4.79 Å². The van der Waals surface area contributed by atoms with Crippen molar-refractivity contribution in [3.8, 4) is 0 Å². The molecule has 0 fully saturated rings. The Kier molecular flexibility index (Phi) is 4.64. The zero-order valence-electron chi connectivity index (χ0n) is 15.0. The Morgan fingerprint density at radius 2 is 1.46 bits per heavy atom. The van der Waals surface area contributed by atoms with Crippen molar-refractivity contribution >= 4 is 44.8 Å². The first-order valence-electron chi connectivity index (χ1n) is 8.85. The monoisotopic (exact) mass is 370 g/mol. The van der Waals surface area contributed by atoms with E-state index in [0.29, 0.717) is 11.4 Å². The van der Waals surface area contributed by atoms with Crippen LogP contribution in [-0.2, 0) is 9.53 Å². The number of nitrogens with two attached hydrogens (primary N) is 1. The summed E-state index contributed by atoms with van der Waals surface area (Å²) in [5.41, 5.74) is 7.21. The highest BCUT2D eigenvalue weighted by molar-refractivity contribution is 6.04. The van der Waals surface area contributed by atoms with Gasteiger partial charge in [-0.1, -0.05) is 60.7 Å². The summed E-state index contributed by atoms with van der Waals surface area (Å²) in [5.74, 6) is -1.04. The van der Waals surface area contributed by atoms with Crippen molar-refractivity contribution in [1.82, 2.24) is 0 Å². The van der Waals surface area contributed by atoms with Crippen LogP contribution in [0.3, 0.4) is 0 Å². The van der Waals surface area contributed by atoms with E-state index in [1.54, 1.807) is 12.1 Å². The summed E-state index contributed by atoms with van der Waals surface area (Å²) in [5, 5.41) is 6.54. The van der Waals surface area contributed by atoms with E-state index >= 15 is 0 Å². The molecule has 3 N–H and O–H groups in total. The van der Waals surface area contributed by atoms with E-state index in [1.165, 1.54) is 0 Å². The number of fused-ring (bicyclic) bond motifs is 2. The fraction of sp³-hybridized carbons (Fsp3) is 0.0435. The number of carbonyl (C=O) groups is 2. The average molecular weight is 370 g/mol. The molecule has 0 spiro atoms. The second-order valence-corrected chi connectivity index (χ2v) is 6.44. The number of hydrogen-bond donors (Lipinski definition) is 2. The van der Waals surface area contributed by atoms with E-state index in [2.05, 4.69) is 5.32 Å². The van der Waals surface area contributed by atoms with E-state index in [-0.39, 0.29) is 5.56 Å². The highest BCUT2D eigenvalue weighted by atomic mass is 16.5. The van der Waals surface area contributed by atoms with Gasteiger partial charge in [0.25, 0.3) is 5.91 Å². The van der Waals surface area contributed by atoms with Crippen LogP contribution in [0, 0.1) is 0 Å². The van der Waals surface area contributed by atoms with Gasteiger partial charge in [0.2, 0.25) is 0 Å². The van der Waals surface area contributed by atoms with Crippen molar-refractivity contribution in [2.45, 2.75) is 0 Å². The fourth-order valence-electron chi connectivity index (χ4n) is 3.16. The number of anilines is 2. The van der Waals surface area contributed by atoms with Crippen molar-refractivity contribution in [3.63, 3.8) is 0 Å². The molecule has 4 rings (SSSR count). The van der Waals surface area contributed by atoms with Gasteiger partial charge < -0.3 is 15.8 Å². The molecule has 28 heavy (non-hydrogen) atoms. The van der Waals surface area contributed by atoms with Crippen LogP contribution in [0.15, 0.2) is 78.9 Å². The summed E-state index contributed by atoms with van der Waals surface area (Å²) in [4.78, 5) is 24.7. The predicted octanol–water partition coefficient (Wildman–Crippen LogP) is 4.37. The van der Waals surface area contributed by atoms with Gasteiger partial charge in [0.1, 0.15) is 0 Å². The Labute approximate surface area is 161 Å². The Morgan fingerprint density at radius 1 is 0.821 bits per heavy atom. The van der Waals surface area contributed by atoms with Gasteiger partial charge in [0.15, 0.2) is 6.61 Å². The number of carbonyl (C=O) groups excluding carboxylic acids is 2. The maximum Gasteiger partial charge on any atom is 0.340 e. The van der Waals surface area contributed by atoms with Crippen LogP contribution in [0.5, 0.6) is 0 Å². The molecule has 0 atom stereocenters. The molecule has 0 aliphatic rings. The number of ether oxygens (including phenoxy) is 1. The lowest BCUT2D eigenvalue weighted by Gasteiger charge is -2.10. The topological polar surface area (TPSA) is 81.4 Å². The molecule has 0 radical (unpaired) electrons. The molecular weight excluding hydrogens is 352 g/mol. The predicted molar refractivity (Wildman–Crippen MR) is 111 cm³/mol. The standard InChI is InChI=1S/C23H18N2O3/c24-20-13-17-8-2-1-7-16(17)12-19(20)23(27)28-14-22(26)25-21-11-5-9-15-6-3-4-10-18(15)21/h1-13H,14,24H2,(H,25,26). The maximum atomic E-state index is 12.4. The number of esters is 1. The first-order valence-corrected chi connectivity index (χ1v) is 8.85. The molecule has 0 saturated heterocycles. The second-order valence-electron chi connectivity index (χ2n) is 6.44. The number of hydrogen-bond acceptors (Lipinski definition) is 4. The van der Waals surface area contributed by atoms with E-state index in [4.69, 9.17) is 10.5 Å². The van der Waals surface area contributed by atoms with Crippen LogP contribution in [0.25, 0.3) is 21.5 Å². The van der Waals surface area contributed by atoms with Gasteiger partial charge in [-0.15, -0.1) is 0 Å². The summed E-state index contributed by atoms with van der Waals surface area (Å²) in [6, 6.07) is 24.3. The minimum atomic E-state index is -0.628. The van der Waals surface area contributed by atoms with Gasteiger partial charge in [-0.05, 0) is 34.4 Å². The molecule has 0 saturated carbocycles. The van der Waals surface area contributed by atoms with E-state index in [1.807, 2.05) is 66.7 Å². The number of amides is 1. The Balaban J connectivity index is 1.46. The summed E-state index contributed by atoms with van der Waals surface area (Å²) in [6.07, 6.45) is 0. The van der Waals surface area contributed by atoms with E-state index in [9.17, 15) is 9.59 Å². The maximum absolute atomic E-state index is 12.4. The first-order chi connectivity index (χ1) is 13.6. The molecule has 0 heterocycles. The Hall–Kier alpha value is -3.86. The molecule has 0 aromatic heterocycles. The van der Waals surface area contributed by atoms with Gasteiger partial charge in [0.05, 0.1) is 5.56 Å². The van der Waals surface area contributed by atoms with Crippen molar-refractivity contribution in [2.24, 2.45) is 0 Å². The van der Waals surface area contributed by atoms with Crippen molar-refractivity contribution in [1.29, 1.82) is 0 Å². The average Bonchev–Trinajstić information content (AvgIpc) is 2.72. The third kappa shape index (κ3) is 3.50. The zero-order chi connectivity index (χ0) is 19.5. The van der Waals surface area contributed by atoms with Crippen molar-refractivity contribution < 1.29 is 14.3 Å². The highest BCUT2D eigenvalue weighted by Crippen LogP contribution is 2.24.